The van der Waals surface area contributed by atoms with Gasteiger partial charge in [0, 0.05) is 28.9 Å². The van der Waals surface area contributed by atoms with Crippen LogP contribution in [0, 0.1) is 0 Å². The molecule has 0 aliphatic carbocycles. The normalized spacial score (nSPS) is 12.7. The Bertz CT molecular complexity index is 423. The molecule has 0 fully saturated rings. The van der Waals surface area contributed by atoms with Crippen LogP contribution in [-0.2, 0) is 12.8 Å². The van der Waals surface area contributed by atoms with Gasteiger partial charge in [0.15, 0.2) is 0 Å². The number of aromatic nitrogens is 1. The Balaban J connectivity index is 1.76. The number of nitrogens with one attached hydrogen (secondary N) is 1. The molecule has 0 amide bonds. The summed E-state index contributed by atoms with van der Waals surface area (Å²) in [5.41, 5.74) is 0. The van der Waals surface area contributed by atoms with Crippen LogP contribution >= 0.6 is 22.7 Å². The van der Waals surface area contributed by atoms with Crippen molar-refractivity contribution in [1.82, 2.24) is 10.3 Å². The fourth-order valence-corrected chi connectivity index (χ4v) is 3.62. The Morgan fingerprint density at radius 3 is 2.95 bits per heavy atom. The van der Waals surface area contributed by atoms with Crippen molar-refractivity contribution < 1.29 is 0 Å². The van der Waals surface area contributed by atoms with Crippen molar-refractivity contribution in [3.05, 3.63) is 39.0 Å². The Labute approximate surface area is 123 Å². The van der Waals surface area contributed by atoms with Gasteiger partial charge >= 0.3 is 0 Å². The number of hydrogen-bond donors (Lipinski definition) is 1. The monoisotopic (exact) mass is 294 g/mol. The SMILES string of the molecule is CCCNC(CCCc1cccs1)Cc1nccs1. The van der Waals surface area contributed by atoms with E-state index in [1.54, 1.807) is 11.3 Å². The lowest BCUT2D eigenvalue weighted by Gasteiger charge is -2.17. The molecule has 2 heterocycles. The fraction of sp³-hybridized carbons (Fsp3) is 0.533. The van der Waals surface area contributed by atoms with Crippen LogP contribution in [0.2, 0.25) is 0 Å². The highest BCUT2D eigenvalue weighted by Crippen LogP contribution is 2.15. The summed E-state index contributed by atoms with van der Waals surface area (Å²) in [5, 5.41) is 9.14. The molecule has 0 aliphatic rings. The summed E-state index contributed by atoms with van der Waals surface area (Å²) in [5.74, 6) is 0. The van der Waals surface area contributed by atoms with Crippen molar-refractivity contribution in [3.63, 3.8) is 0 Å². The molecule has 0 bridgehead atoms. The van der Waals surface area contributed by atoms with Crippen LogP contribution in [0.3, 0.4) is 0 Å². The molecule has 1 atom stereocenters. The van der Waals surface area contributed by atoms with Gasteiger partial charge in [0.1, 0.15) is 0 Å². The average molecular weight is 294 g/mol. The zero-order valence-corrected chi connectivity index (χ0v) is 13.1. The van der Waals surface area contributed by atoms with E-state index in [2.05, 4.69) is 40.1 Å². The average Bonchev–Trinajstić information content (AvgIpc) is 3.08. The molecule has 1 N–H and O–H groups in total. The molecule has 4 heteroatoms. The van der Waals surface area contributed by atoms with E-state index in [1.807, 2.05) is 17.5 Å². The van der Waals surface area contributed by atoms with Crippen molar-refractivity contribution in [2.24, 2.45) is 0 Å². The van der Waals surface area contributed by atoms with E-state index in [1.165, 1.54) is 35.6 Å². The van der Waals surface area contributed by atoms with E-state index in [4.69, 9.17) is 0 Å². The molecule has 2 nitrogen and oxygen atoms in total. The quantitative estimate of drug-likeness (QED) is 0.752. The van der Waals surface area contributed by atoms with Gasteiger partial charge in [0.05, 0.1) is 5.01 Å². The molecular weight excluding hydrogens is 272 g/mol. The number of aryl methyl sites for hydroxylation is 1. The Morgan fingerprint density at radius 1 is 1.32 bits per heavy atom. The summed E-state index contributed by atoms with van der Waals surface area (Å²) < 4.78 is 0. The minimum atomic E-state index is 0.575. The summed E-state index contributed by atoms with van der Waals surface area (Å²) in [6.07, 6.45) is 7.87. The van der Waals surface area contributed by atoms with Gasteiger partial charge < -0.3 is 5.32 Å². The maximum atomic E-state index is 4.40. The van der Waals surface area contributed by atoms with E-state index in [9.17, 15) is 0 Å². The molecule has 2 rings (SSSR count). The first-order valence-corrected chi connectivity index (χ1v) is 8.78. The van der Waals surface area contributed by atoms with Crippen LogP contribution in [0.25, 0.3) is 0 Å². The van der Waals surface area contributed by atoms with E-state index in [0.29, 0.717) is 6.04 Å². The zero-order valence-electron chi connectivity index (χ0n) is 11.5. The topological polar surface area (TPSA) is 24.9 Å². The summed E-state index contributed by atoms with van der Waals surface area (Å²) in [4.78, 5) is 5.91. The van der Waals surface area contributed by atoms with Gasteiger partial charge in [-0.3, -0.25) is 0 Å². The third kappa shape index (κ3) is 5.43. The maximum absolute atomic E-state index is 4.40. The summed E-state index contributed by atoms with van der Waals surface area (Å²) >= 11 is 3.63. The molecule has 0 radical (unpaired) electrons. The largest absolute Gasteiger partial charge is 0.314 e. The Morgan fingerprint density at radius 2 is 2.26 bits per heavy atom. The molecular formula is C15H22N2S2. The third-order valence-corrected chi connectivity index (χ3v) is 4.88. The lowest BCUT2D eigenvalue weighted by Crippen LogP contribution is -2.31. The van der Waals surface area contributed by atoms with Crippen molar-refractivity contribution in [2.75, 3.05) is 6.54 Å². The summed E-state index contributed by atoms with van der Waals surface area (Å²) in [6, 6.07) is 4.95. The van der Waals surface area contributed by atoms with Crippen molar-refractivity contribution in [1.29, 1.82) is 0 Å². The highest BCUT2D eigenvalue weighted by molar-refractivity contribution is 7.10. The Kier molecular flexibility index (Phi) is 6.54. The van der Waals surface area contributed by atoms with Gasteiger partial charge in [-0.25, -0.2) is 4.98 Å². The highest BCUT2D eigenvalue weighted by Gasteiger charge is 2.10. The van der Waals surface area contributed by atoms with Crippen LogP contribution in [-0.4, -0.2) is 17.6 Å². The van der Waals surface area contributed by atoms with Crippen molar-refractivity contribution >= 4 is 22.7 Å². The summed E-state index contributed by atoms with van der Waals surface area (Å²) in [7, 11) is 0. The Hall–Kier alpha value is -0.710. The third-order valence-electron chi connectivity index (χ3n) is 3.14. The van der Waals surface area contributed by atoms with E-state index >= 15 is 0 Å². The minimum Gasteiger partial charge on any atom is -0.314 e. The molecule has 0 saturated heterocycles. The van der Waals surface area contributed by atoms with E-state index in [-0.39, 0.29) is 0 Å². The van der Waals surface area contributed by atoms with Crippen LogP contribution in [0.1, 0.15) is 36.1 Å². The highest BCUT2D eigenvalue weighted by atomic mass is 32.1. The standard InChI is InChI=1S/C15H22N2S2/c1-2-8-16-13(12-15-17-9-11-19-15)5-3-6-14-7-4-10-18-14/h4,7,9-11,13,16H,2-3,5-6,8,12H2,1H3. The molecule has 19 heavy (non-hydrogen) atoms. The van der Waals surface area contributed by atoms with Crippen LogP contribution in [0.5, 0.6) is 0 Å². The first-order valence-electron chi connectivity index (χ1n) is 7.02. The fourth-order valence-electron chi connectivity index (χ4n) is 2.17. The molecule has 2 aromatic heterocycles. The van der Waals surface area contributed by atoms with Gasteiger partial charge in [-0.1, -0.05) is 13.0 Å². The predicted molar refractivity (Wildman–Crippen MR) is 85.2 cm³/mol. The van der Waals surface area contributed by atoms with Gasteiger partial charge in [-0.15, -0.1) is 22.7 Å². The van der Waals surface area contributed by atoms with Crippen LogP contribution in [0.4, 0.5) is 0 Å². The second kappa shape index (κ2) is 8.46. The number of thiazole rings is 1. The van der Waals surface area contributed by atoms with E-state index in [0.717, 1.165) is 13.0 Å². The first-order chi connectivity index (χ1) is 9.38. The molecule has 104 valence electrons. The number of hydrogen-bond acceptors (Lipinski definition) is 4. The molecule has 0 saturated carbocycles. The smallest absolute Gasteiger partial charge is 0.0940 e. The molecule has 0 aliphatic heterocycles. The van der Waals surface area contributed by atoms with Gasteiger partial charge in [0.25, 0.3) is 0 Å². The maximum Gasteiger partial charge on any atom is 0.0940 e. The zero-order chi connectivity index (χ0) is 13.3. The van der Waals surface area contributed by atoms with Crippen LogP contribution in [0.15, 0.2) is 29.1 Å². The molecule has 2 aromatic rings. The minimum absolute atomic E-state index is 0.575. The molecule has 0 spiro atoms. The van der Waals surface area contributed by atoms with Crippen molar-refractivity contribution in [2.45, 2.75) is 45.1 Å². The second-order valence-corrected chi connectivity index (χ2v) is 6.76. The second-order valence-electron chi connectivity index (χ2n) is 4.75. The lowest BCUT2D eigenvalue weighted by atomic mass is 10.1. The van der Waals surface area contributed by atoms with Gasteiger partial charge in [-0.2, -0.15) is 0 Å². The molecule has 1 unspecified atom stereocenters. The molecule has 0 aromatic carbocycles. The van der Waals surface area contributed by atoms with E-state index < -0.39 is 0 Å². The number of thiophene rings is 1. The van der Waals surface area contributed by atoms with Crippen molar-refractivity contribution in [3.8, 4) is 0 Å². The van der Waals surface area contributed by atoms with Gasteiger partial charge in [-0.05, 0) is 43.7 Å². The lowest BCUT2D eigenvalue weighted by molar-refractivity contribution is 0.464. The first kappa shape index (κ1) is 14.7. The van der Waals surface area contributed by atoms with Gasteiger partial charge in [0.2, 0.25) is 0 Å². The number of rotatable bonds is 9. The van der Waals surface area contributed by atoms with Crippen LogP contribution < -0.4 is 5.32 Å². The summed E-state index contributed by atoms with van der Waals surface area (Å²) in [6.45, 7) is 3.33. The predicted octanol–water partition coefficient (Wildman–Crippen LogP) is 4.14. The number of nitrogens with zero attached hydrogens (tertiary/aromatic N) is 1.